The Kier molecular flexibility index (Phi) is 3.33. The van der Waals surface area contributed by atoms with E-state index in [-0.39, 0.29) is 5.75 Å². The molecule has 0 fully saturated rings. The van der Waals surface area contributed by atoms with Gasteiger partial charge in [0.25, 0.3) is 0 Å². The van der Waals surface area contributed by atoms with Crippen LogP contribution < -0.4 is 0 Å². The molecule has 0 bridgehead atoms. The third-order valence-corrected chi connectivity index (χ3v) is 2.80. The third-order valence-electron chi connectivity index (χ3n) is 1.68. The van der Waals surface area contributed by atoms with Crippen molar-refractivity contribution >= 4 is 21.4 Å². The molecule has 4 heteroatoms. The van der Waals surface area contributed by atoms with Crippen molar-refractivity contribution in [3.8, 4) is 0 Å². The molecule has 0 saturated heterocycles. The zero-order chi connectivity index (χ0) is 9.90. The van der Waals surface area contributed by atoms with E-state index in [1.807, 2.05) is 18.2 Å². The van der Waals surface area contributed by atoms with E-state index in [1.54, 1.807) is 6.07 Å². The highest BCUT2D eigenvalue weighted by Crippen LogP contribution is 2.13. The Bertz CT molecular complexity index is 384. The van der Waals surface area contributed by atoms with Gasteiger partial charge in [-0.2, -0.15) is 0 Å². The second-order valence-corrected chi connectivity index (χ2v) is 5.38. The lowest BCUT2D eigenvalue weighted by atomic mass is 10.1. The molecule has 72 valence electrons. The highest BCUT2D eigenvalue weighted by Gasteiger charge is 2.07. The molecular weight excluding hydrogens is 208 g/mol. The van der Waals surface area contributed by atoms with Gasteiger partial charge in [0.1, 0.15) is 0 Å². The summed E-state index contributed by atoms with van der Waals surface area (Å²) >= 11 is 5.67. The predicted octanol–water partition coefficient (Wildman–Crippen LogP) is 1.97. The average Bonchev–Trinajstić information content (AvgIpc) is 2.02. The summed E-state index contributed by atoms with van der Waals surface area (Å²) in [4.78, 5) is 0. The van der Waals surface area contributed by atoms with E-state index in [4.69, 9.17) is 11.6 Å². The zero-order valence-electron chi connectivity index (χ0n) is 7.33. The summed E-state index contributed by atoms with van der Waals surface area (Å²) in [6.07, 6.45) is 1.22. The molecule has 13 heavy (non-hydrogen) atoms. The van der Waals surface area contributed by atoms with Crippen molar-refractivity contribution in [2.45, 2.75) is 11.6 Å². The van der Waals surface area contributed by atoms with Crippen molar-refractivity contribution in [1.82, 2.24) is 0 Å². The van der Waals surface area contributed by atoms with Gasteiger partial charge in [-0.1, -0.05) is 24.3 Å². The summed E-state index contributed by atoms with van der Waals surface area (Å²) in [5, 5.41) is 0. The molecule has 0 aliphatic carbocycles. The lowest BCUT2D eigenvalue weighted by Crippen LogP contribution is -2.02. The molecule has 0 aliphatic rings. The van der Waals surface area contributed by atoms with Crippen molar-refractivity contribution in [2.24, 2.45) is 0 Å². The minimum absolute atomic E-state index is 0.0654. The average molecular weight is 219 g/mol. The largest absolute Gasteiger partial charge is 0.229 e. The molecule has 2 nitrogen and oxygen atoms in total. The van der Waals surface area contributed by atoms with E-state index in [2.05, 4.69) is 0 Å². The lowest BCUT2D eigenvalue weighted by Gasteiger charge is -2.04. The van der Waals surface area contributed by atoms with Crippen LogP contribution in [0.2, 0.25) is 0 Å². The predicted molar refractivity (Wildman–Crippen MR) is 54.5 cm³/mol. The number of halogens is 1. The second kappa shape index (κ2) is 4.11. The van der Waals surface area contributed by atoms with Crippen molar-refractivity contribution < 1.29 is 8.42 Å². The van der Waals surface area contributed by atoms with Gasteiger partial charge in [0.15, 0.2) is 9.84 Å². The number of alkyl halides is 1. The number of benzene rings is 1. The van der Waals surface area contributed by atoms with Crippen LogP contribution in [0, 0.1) is 0 Å². The standard InChI is InChI=1S/C9H11ClO2S/c1-13(11,12)7-9-5-3-2-4-8(9)6-10/h2-5H,6-7H2,1H3. The first-order chi connectivity index (χ1) is 6.03. The first kappa shape index (κ1) is 10.5. The molecule has 0 N–H and O–H groups in total. The Morgan fingerprint density at radius 1 is 1.23 bits per heavy atom. The van der Waals surface area contributed by atoms with Crippen LogP contribution >= 0.6 is 11.6 Å². The highest BCUT2D eigenvalue weighted by atomic mass is 35.5. The maximum Gasteiger partial charge on any atom is 0.151 e. The Labute approximate surface area is 83.5 Å². The van der Waals surface area contributed by atoms with Crippen LogP contribution in [0.4, 0.5) is 0 Å². The van der Waals surface area contributed by atoms with Crippen LogP contribution in [0.1, 0.15) is 11.1 Å². The quantitative estimate of drug-likeness (QED) is 0.727. The number of hydrogen-bond acceptors (Lipinski definition) is 2. The van der Waals surface area contributed by atoms with Crippen LogP contribution in [0.25, 0.3) is 0 Å². The Morgan fingerprint density at radius 2 is 1.77 bits per heavy atom. The Balaban J connectivity index is 3.01. The third kappa shape index (κ3) is 3.36. The van der Waals surface area contributed by atoms with Crippen molar-refractivity contribution in [3.63, 3.8) is 0 Å². The van der Waals surface area contributed by atoms with E-state index in [0.29, 0.717) is 5.88 Å². The molecule has 0 aromatic heterocycles. The summed E-state index contributed by atoms with van der Waals surface area (Å²) in [5.74, 6) is 0.418. The fourth-order valence-corrected chi connectivity index (χ4v) is 2.22. The normalized spacial score (nSPS) is 11.5. The zero-order valence-corrected chi connectivity index (χ0v) is 8.90. The first-order valence-electron chi connectivity index (χ1n) is 3.83. The molecule has 0 saturated carbocycles. The molecule has 0 atom stereocenters. The lowest BCUT2D eigenvalue weighted by molar-refractivity contribution is 0.601. The number of hydrogen-bond donors (Lipinski definition) is 0. The van der Waals surface area contributed by atoms with Crippen LogP contribution in [0.5, 0.6) is 0 Å². The van der Waals surface area contributed by atoms with Gasteiger partial charge in [0.05, 0.1) is 5.75 Å². The molecule has 0 radical (unpaired) electrons. The van der Waals surface area contributed by atoms with E-state index < -0.39 is 9.84 Å². The van der Waals surface area contributed by atoms with E-state index in [0.717, 1.165) is 11.1 Å². The van der Waals surface area contributed by atoms with Crippen LogP contribution in [-0.4, -0.2) is 14.7 Å². The summed E-state index contributed by atoms with van der Waals surface area (Å²) in [6.45, 7) is 0. The van der Waals surface area contributed by atoms with Gasteiger partial charge < -0.3 is 0 Å². The van der Waals surface area contributed by atoms with Crippen LogP contribution in [0.3, 0.4) is 0 Å². The fourth-order valence-electron chi connectivity index (χ4n) is 1.11. The van der Waals surface area contributed by atoms with E-state index in [1.165, 1.54) is 6.26 Å². The Hall–Kier alpha value is -0.540. The summed E-state index contributed by atoms with van der Waals surface area (Å²) in [7, 11) is -2.97. The molecule has 1 aromatic carbocycles. The van der Waals surface area contributed by atoms with Crippen molar-refractivity contribution in [1.29, 1.82) is 0 Å². The minimum Gasteiger partial charge on any atom is -0.229 e. The van der Waals surface area contributed by atoms with Gasteiger partial charge in [0.2, 0.25) is 0 Å². The van der Waals surface area contributed by atoms with E-state index >= 15 is 0 Å². The van der Waals surface area contributed by atoms with Crippen molar-refractivity contribution in [3.05, 3.63) is 35.4 Å². The maximum atomic E-state index is 11.0. The molecule has 1 rings (SSSR count). The molecule has 0 aliphatic heterocycles. The fraction of sp³-hybridized carbons (Fsp3) is 0.333. The van der Waals surface area contributed by atoms with Gasteiger partial charge in [-0.15, -0.1) is 11.6 Å². The second-order valence-electron chi connectivity index (χ2n) is 2.97. The number of rotatable bonds is 3. The Morgan fingerprint density at radius 3 is 2.23 bits per heavy atom. The van der Waals surface area contributed by atoms with Gasteiger partial charge in [-0.25, -0.2) is 8.42 Å². The summed E-state index contributed by atoms with van der Waals surface area (Å²) in [6, 6.07) is 7.30. The molecule has 0 unspecified atom stereocenters. The summed E-state index contributed by atoms with van der Waals surface area (Å²) < 4.78 is 22.1. The molecule has 1 aromatic rings. The van der Waals surface area contributed by atoms with Gasteiger partial charge in [-0.05, 0) is 11.1 Å². The molecule has 0 heterocycles. The van der Waals surface area contributed by atoms with Gasteiger partial charge >= 0.3 is 0 Å². The molecular formula is C9H11ClO2S. The number of sulfone groups is 1. The molecule has 0 spiro atoms. The van der Waals surface area contributed by atoms with Crippen molar-refractivity contribution in [2.75, 3.05) is 6.26 Å². The first-order valence-corrected chi connectivity index (χ1v) is 6.43. The van der Waals surface area contributed by atoms with Crippen LogP contribution in [0.15, 0.2) is 24.3 Å². The summed E-state index contributed by atoms with van der Waals surface area (Å²) in [5.41, 5.74) is 1.68. The smallest absolute Gasteiger partial charge is 0.151 e. The SMILES string of the molecule is CS(=O)(=O)Cc1ccccc1CCl. The highest BCUT2D eigenvalue weighted by molar-refractivity contribution is 7.89. The minimum atomic E-state index is -2.97. The maximum absolute atomic E-state index is 11.0. The van der Waals surface area contributed by atoms with E-state index in [9.17, 15) is 8.42 Å². The van der Waals surface area contributed by atoms with Gasteiger partial charge in [-0.3, -0.25) is 0 Å². The van der Waals surface area contributed by atoms with Gasteiger partial charge in [0, 0.05) is 12.1 Å². The van der Waals surface area contributed by atoms with Crippen LogP contribution in [-0.2, 0) is 21.5 Å². The monoisotopic (exact) mass is 218 g/mol. The molecule has 0 amide bonds. The topological polar surface area (TPSA) is 34.1 Å².